The third-order valence-corrected chi connectivity index (χ3v) is 6.58. The SMILES string of the molecule is CN/C(N)=C(/C=C(\N)c1ccccc1O)N1CC=CC2CP2C1. The average molecular weight is 330 g/mol. The van der Waals surface area contributed by atoms with Gasteiger partial charge in [0.05, 0.1) is 5.70 Å². The molecule has 1 aromatic carbocycles. The third kappa shape index (κ3) is 3.45. The molecule has 2 unspecified atom stereocenters. The van der Waals surface area contributed by atoms with Crippen molar-refractivity contribution in [3.05, 3.63) is 59.6 Å². The summed E-state index contributed by atoms with van der Waals surface area (Å²) in [6.07, 6.45) is 8.75. The van der Waals surface area contributed by atoms with Gasteiger partial charge in [-0.05, 0) is 24.4 Å². The second-order valence-electron chi connectivity index (χ2n) is 5.80. The van der Waals surface area contributed by atoms with Crippen LogP contribution in [0.5, 0.6) is 5.75 Å². The molecule has 0 aromatic heterocycles. The summed E-state index contributed by atoms with van der Waals surface area (Å²) in [5.74, 6) is 0.762. The predicted octanol–water partition coefficient (Wildman–Crippen LogP) is 1.73. The highest BCUT2D eigenvalue weighted by Gasteiger charge is 2.37. The summed E-state index contributed by atoms with van der Waals surface area (Å²) < 4.78 is 0. The summed E-state index contributed by atoms with van der Waals surface area (Å²) in [6, 6.07) is 7.07. The molecule has 2 aliphatic rings. The number of hydrogen-bond acceptors (Lipinski definition) is 5. The zero-order valence-corrected chi connectivity index (χ0v) is 14.1. The molecule has 5 nitrogen and oxygen atoms in total. The van der Waals surface area contributed by atoms with E-state index in [4.69, 9.17) is 11.5 Å². The van der Waals surface area contributed by atoms with Crippen LogP contribution in [0, 0.1) is 0 Å². The Labute approximate surface area is 138 Å². The number of hydrogen-bond donors (Lipinski definition) is 4. The monoisotopic (exact) mass is 330 g/mol. The Bertz CT molecular complexity index is 683. The van der Waals surface area contributed by atoms with E-state index in [0.29, 0.717) is 17.1 Å². The second kappa shape index (κ2) is 6.55. The first-order valence-electron chi connectivity index (χ1n) is 7.69. The van der Waals surface area contributed by atoms with E-state index in [1.54, 1.807) is 25.2 Å². The first kappa shape index (κ1) is 15.8. The maximum Gasteiger partial charge on any atom is 0.124 e. The Morgan fingerprint density at radius 1 is 1.39 bits per heavy atom. The Morgan fingerprint density at radius 2 is 2.17 bits per heavy atom. The van der Waals surface area contributed by atoms with Crippen molar-refractivity contribution >= 4 is 13.6 Å². The highest BCUT2D eigenvalue weighted by atomic mass is 31.1. The molecule has 0 aliphatic carbocycles. The number of aromatic hydroxyl groups is 1. The van der Waals surface area contributed by atoms with Crippen LogP contribution in [0.15, 0.2) is 54.0 Å². The van der Waals surface area contributed by atoms with Crippen LogP contribution in [0.2, 0.25) is 0 Å². The van der Waals surface area contributed by atoms with E-state index in [2.05, 4.69) is 22.4 Å². The molecule has 3 rings (SSSR count). The van der Waals surface area contributed by atoms with Gasteiger partial charge in [0.15, 0.2) is 0 Å². The van der Waals surface area contributed by atoms with Gasteiger partial charge in [0, 0.05) is 36.8 Å². The number of para-hydroxylation sites is 1. The topological polar surface area (TPSA) is 87.5 Å². The summed E-state index contributed by atoms with van der Waals surface area (Å²) in [4.78, 5) is 2.27. The number of rotatable bonds is 4. The summed E-state index contributed by atoms with van der Waals surface area (Å²) in [5.41, 5.74) is 15.2. The van der Waals surface area contributed by atoms with E-state index in [1.807, 2.05) is 12.1 Å². The first-order chi connectivity index (χ1) is 11.1. The molecule has 0 spiro atoms. The van der Waals surface area contributed by atoms with Crippen molar-refractivity contribution in [1.29, 1.82) is 0 Å². The number of phenols is 1. The fraction of sp³-hybridized carbons (Fsp3) is 0.294. The molecular weight excluding hydrogens is 307 g/mol. The van der Waals surface area contributed by atoms with Gasteiger partial charge in [-0.2, -0.15) is 0 Å². The molecule has 23 heavy (non-hydrogen) atoms. The molecular formula is C17H23N4OP. The third-order valence-electron chi connectivity index (χ3n) is 4.19. The fourth-order valence-electron chi connectivity index (χ4n) is 2.75. The zero-order valence-electron chi connectivity index (χ0n) is 13.2. The Balaban J connectivity index is 1.92. The van der Waals surface area contributed by atoms with Crippen LogP contribution in [0.1, 0.15) is 5.56 Å². The van der Waals surface area contributed by atoms with Crippen molar-refractivity contribution in [2.45, 2.75) is 5.66 Å². The number of allylic oxidation sites excluding steroid dienone is 2. The summed E-state index contributed by atoms with van der Waals surface area (Å²) in [7, 11) is 1.87. The molecule has 6 N–H and O–H groups in total. The first-order valence-corrected chi connectivity index (χ1v) is 9.47. The molecule has 1 aromatic rings. The fourth-order valence-corrected chi connectivity index (χ4v) is 5.00. The van der Waals surface area contributed by atoms with Crippen molar-refractivity contribution in [3.63, 3.8) is 0 Å². The highest BCUT2D eigenvalue weighted by Crippen LogP contribution is 2.60. The molecule has 2 heterocycles. The summed E-state index contributed by atoms with van der Waals surface area (Å²) >= 11 is 0. The lowest BCUT2D eigenvalue weighted by Gasteiger charge is -2.26. The number of nitrogens with one attached hydrogen (secondary N) is 1. The lowest BCUT2D eigenvalue weighted by atomic mass is 10.1. The van der Waals surface area contributed by atoms with Crippen molar-refractivity contribution in [3.8, 4) is 5.75 Å². The van der Waals surface area contributed by atoms with E-state index < -0.39 is 0 Å². The minimum Gasteiger partial charge on any atom is -0.507 e. The lowest BCUT2D eigenvalue weighted by Crippen LogP contribution is -2.29. The van der Waals surface area contributed by atoms with E-state index in [-0.39, 0.29) is 13.7 Å². The van der Waals surface area contributed by atoms with Crippen LogP contribution >= 0.6 is 7.92 Å². The molecule has 0 saturated carbocycles. The standard InChI is InChI=1S/C17H23N4OP/c1-20-17(19)15(21-8-4-5-12-10-23(12)11-21)9-14(18)13-6-2-3-7-16(13)22/h2-7,9,12,20,22H,8,10-11,18-19H2,1H3/b14-9-,17-15-. The van der Waals surface area contributed by atoms with Gasteiger partial charge < -0.3 is 26.8 Å². The van der Waals surface area contributed by atoms with Crippen molar-refractivity contribution in [2.24, 2.45) is 11.5 Å². The van der Waals surface area contributed by atoms with Crippen molar-refractivity contribution in [1.82, 2.24) is 10.2 Å². The number of nitrogens with zero attached hydrogens (tertiary/aromatic N) is 1. The molecule has 2 atom stereocenters. The zero-order chi connectivity index (χ0) is 16.4. The smallest absolute Gasteiger partial charge is 0.124 e. The minimum absolute atomic E-state index is 0.0636. The Morgan fingerprint density at radius 3 is 2.91 bits per heavy atom. The Hall–Kier alpha value is -2.13. The van der Waals surface area contributed by atoms with Gasteiger partial charge in [0.1, 0.15) is 11.6 Å². The molecule has 0 amide bonds. The normalized spacial score (nSPS) is 24.6. The van der Waals surface area contributed by atoms with Gasteiger partial charge >= 0.3 is 0 Å². The van der Waals surface area contributed by atoms with E-state index >= 15 is 0 Å². The molecule has 0 radical (unpaired) electrons. The maximum atomic E-state index is 9.99. The van der Waals surface area contributed by atoms with Gasteiger partial charge in [-0.3, -0.25) is 0 Å². The highest BCUT2D eigenvalue weighted by molar-refractivity contribution is 7.66. The molecule has 122 valence electrons. The molecule has 6 heteroatoms. The van der Waals surface area contributed by atoms with Crippen molar-refractivity contribution in [2.75, 3.05) is 26.0 Å². The molecule has 1 fully saturated rings. The van der Waals surface area contributed by atoms with E-state index in [0.717, 1.165) is 24.2 Å². The number of nitrogens with two attached hydrogens (primary N) is 2. The average Bonchev–Trinajstić information content (AvgIpc) is 3.30. The molecule has 2 aliphatic heterocycles. The second-order valence-corrected chi connectivity index (χ2v) is 8.29. The maximum absolute atomic E-state index is 9.99. The van der Waals surface area contributed by atoms with Crippen LogP contribution in [0.3, 0.4) is 0 Å². The van der Waals surface area contributed by atoms with Crippen LogP contribution in [0.4, 0.5) is 0 Å². The van der Waals surface area contributed by atoms with Gasteiger partial charge in [-0.15, -0.1) is 0 Å². The van der Waals surface area contributed by atoms with Crippen LogP contribution in [0.25, 0.3) is 5.70 Å². The number of fused-ring (bicyclic) bond motifs is 1. The van der Waals surface area contributed by atoms with Crippen LogP contribution in [-0.2, 0) is 0 Å². The molecule has 1 saturated heterocycles. The Kier molecular flexibility index (Phi) is 4.49. The quantitative estimate of drug-likeness (QED) is 0.384. The summed E-state index contributed by atoms with van der Waals surface area (Å²) in [6.45, 7) is 0.831. The van der Waals surface area contributed by atoms with Crippen LogP contribution in [-0.4, -0.2) is 41.7 Å². The number of phenolic OH excluding ortho intramolecular Hbond substituents is 1. The number of benzene rings is 1. The van der Waals surface area contributed by atoms with Crippen LogP contribution < -0.4 is 16.8 Å². The summed E-state index contributed by atoms with van der Waals surface area (Å²) in [5, 5.41) is 13.0. The predicted molar refractivity (Wildman–Crippen MR) is 96.8 cm³/mol. The lowest BCUT2D eigenvalue weighted by molar-refractivity contribution is 0.450. The van der Waals surface area contributed by atoms with Gasteiger partial charge in [-0.1, -0.05) is 32.2 Å². The largest absolute Gasteiger partial charge is 0.507 e. The van der Waals surface area contributed by atoms with Gasteiger partial charge in [0.25, 0.3) is 0 Å². The van der Waals surface area contributed by atoms with Crippen molar-refractivity contribution < 1.29 is 5.11 Å². The van der Waals surface area contributed by atoms with Gasteiger partial charge in [-0.25, -0.2) is 0 Å². The van der Waals surface area contributed by atoms with E-state index in [1.165, 1.54) is 6.16 Å². The van der Waals surface area contributed by atoms with E-state index in [9.17, 15) is 5.11 Å². The van der Waals surface area contributed by atoms with Gasteiger partial charge in [0.2, 0.25) is 0 Å². The minimum atomic E-state index is 0.0636. The molecule has 0 bridgehead atoms.